The lowest BCUT2D eigenvalue weighted by atomic mass is 10.2. The number of ether oxygens (including phenoxy) is 1. The van der Waals surface area contributed by atoms with Crippen LogP contribution in [-0.2, 0) is 6.54 Å². The van der Waals surface area contributed by atoms with E-state index in [1.165, 1.54) is 0 Å². The Kier molecular flexibility index (Phi) is 4.30. The summed E-state index contributed by atoms with van der Waals surface area (Å²) in [6, 6.07) is 13.4. The first-order valence-electron chi connectivity index (χ1n) is 5.83. The normalized spacial score (nSPS) is 9.95. The third-order valence-electron chi connectivity index (χ3n) is 2.65. The smallest absolute Gasteiger partial charge is 0.127 e. The molecule has 19 heavy (non-hydrogen) atoms. The molecule has 1 aromatic carbocycles. The summed E-state index contributed by atoms with van der Waals surface area (Å²) < 4.78 is 5.29. The van der Waals surface area contributed by atoms with E-state index in [4.69, 9.17) is 22.7 Å². The van der Waals surface area contributed by atoms with Gasteiger partial charge in [-0.15, -0.1) is 0 Å². The molecule has 4 nitrogen and oxygen atoms in total. The van der Waals surface area contributed by atoms with Gasteiger partial charge in [0.25, 0.3) is 0 Å². The van der Waals surface area contributed by atoms with Crippen molar-refractivity contribution in [1.82, 2.24) is 4.98 Å². The van der Waals surface area contributed by atoms with Crippen molar-refractivity contribution in [3.05, 3.63) is 53.7 Å². The second-order valence-electron chi connectivity index (χ2n) is 3.94. The molecule has 98 valence electrons. The van der Waals surface area contributed by atoms with E-state index in [-0.39, 0.29) is 0 Å². The molecule has 5 heteroatoms. The number of rotatable bonds is 5. The standard InChI is InChI=1S/C14H15N3OS/c1-18-12-7-3-2-5-10(12)9-16-13-8-4-6-11(17-13)14(15)19/h2-8H,9H2,1H3,(H2,15,19)(H,16,17). The molecule has 0 radical (unpaired) electrons. The van der Waals surface area contributed by atoms with Gasteiger partial charge in [0.15, 0.2) is 0 Å². The Hall–Kier alpha value is -2.14. The Morgan fingerprint density at radius 3 is 2.79 bits per heavy atom. The van der Waals surface area contributed by atoms with E-state index in [1.54, 1.807) is 13.2 Å². The van der Waals surface area contributed by atoms with Gasteiger partial charge in [-0.1, -0.05) is 36.5 Å². The van der Waals surface area contributed by atoms with Crippen LogP contribution >= 0.6 is 12.2 Å². The first-order valence-corrected chi connectivity index (χ1v) is 6.24. The quantitative estimate of drug-likeness (QED) is 0.819. The van der Waals surface area contributed by atoms with Crippen molar-refractivity contribution in [3.8, 4) is 5.75 Å². The Morgan fingerprint density at radius 2 is 2.05 bits per heavy atom. The number of hydrogen-bond donors (Lipinski definition) is 2. The van der Waals surface area contributed by atoms with Crippen LogP contribution in [0, 0.1) is 0 Å². The lowest BCUT2D eigenvalue weighted by Gasteiger charge is -2.10. The highest BCUT2D eigenvalue weighted by Gasteiger charge is 2.03. The largest absolute Gasteiger partial charge is 0.496 e. The molecule has 2 aromatic rings. The van der Waals surface area contributed by atoms with Crippen LogP contribution in [0.15, 0.2) is 42.5 Å². The van der Waals surface area contributed by atoms with Crippen LogP contribution < -0.4 is 15.8 Å². The zero-order valence-corrected chi connectivity index (χ0v) is 11.4. The van der Waals surface area contributed by atoms with Crippen molar-refractivity contribution in [2.75, 3.05) is 12.4 Å². The van der Waals surface area contributed by atoms with Gasteiger partial charge in [-0.25, -0.2) is 4.98 Å². The maximum Gasteiger partial charge on any atom is 0.127 e. The average Bonchev–Trinajstić information content (AvgIpc) is 2.45. The summed E-state index contributed by atoms with van der Waals surface area (Å²) in [5.41, 5.74) is 7.23. The van der Waals surface area contributed by atoms with Crippen LogP contribution in [0.5, 0.6) is 5.75 Å². The van der Waals surface area contributed by atoms with Crippen molar-refractivity contribution < 1.29 is 4.74 Å². The van der Waals surface area contributed by atoms with Crippen LogP contribution in [0.1, 0.15) is 11.3 Å². The van der Waals surface area contributed by atoms with Gasteiger partial charge in [0.2, 0.25) is 0 Å². The molecule has 0 atom stereocenters. The molecule has 0 fully saturated rings. The number of pyridine rings is 1. The molecule has 0 aliphatic carbocycles. The lowest BCUT2D eigenvalue weighted by molar-refractivity contribution is 0.410. The van der Waals surface area contributed by atoms with E-state index in [0.717, 1.165) is 17.1 Å². The van der Waals surface area contributed by atoms with Crippen LogP contribution in [0.25, 0.3) is 0 Å². The number of nitrogens with zero attached hydrogens (tertiary/aromatic N) is 1. The Bertz CT molecular complexity index is 586. The Morgan fingerprint density at radius 1 is 1.26 bits per heavy atom. The number of thiocarbonyl (C=S) groups is 1. The predicted octanol–water partition coefficient (Wildman–Crippen LogP) is 2.34. The summed E-state index contributed by atoms with van der Waals surface area (Å²) in [4.78, 5) is 4.62. The summed E-state index contributed by atoms with van der Waals surface area (Å²) >= 11 is 4.91. The molecule has 2 rings (SSSR count). The molecule has 1 aromatic heterocycles. The van der Waals surface area contributed by atoms with E-state index < -0.39 is 0 Å². The van der Waals surface area contributed by atoms with Crippen molar-refractivity contribution in [2.45, 2.75) is 6.54 Å². The summed E-state index contributed by atoms with van der Waals surface area (Å²) in [7, 11) is 1.66. The zero-order valence-electron chi connectivity index (χ0n) is 10.6. The SMILES string of the molecule is COc1ccccc1CNc1cccc(C(N)=S)n1. The van der Waals surface area contributed by atoms with Gasteiger partial charge < -0.3 is 15.8 Å². The van der Waals surface area contributed by atoms with E-state index in [0.29, 0.717) is 17.2 Å². The lowest BCUT2D eigenvalue weighted by Crippen LogP contribution is -2.12. The third-order valence-corrected chi connectivity index (χ3v) is 2.86. The van der Waals surface area contributed by atoms with Crippen LogP contribution in [0.4, 0.5) is 5.82 Å². The summed E-state index contributed by atoms with van der Waals surface area (Å²) in [6.45, 7) is 0.623. The maximum absolute atomic E-state index is 5.56. The number of nitrogens with two attached hydrogens (primary N) is 1. The van der Waals surface area contributed by atoms with Gasteiger partial charge >= 0.3 is 0 Å². The van der Waals surface area contributed by atoms with Crippen LogP contribution in [-0.4, -0.2) is 17.1 Å². The van der Waals surface area contributed by atoms with E-state index in [1.807, 2.05) is 36.4 Å². The number of para-hydroxylation sites is 1. The van der Waals surface area contributed by atoms with Gasteiger partial charge in [-0.2, -0.15) is 0 Å². The van der Waals surface area contributed by atoms with Crippen LogP contribution in [0.2, 0.25) is 0 Å². The molecule has 0 bridgehead atoms. The van der Waals surface area contributed by atoms with Crippen LogP contribution in [0.3, 0.4) is 0 Å². The number of aromatic nitrogens is 1. The zero-order chi connectivity index (χ0) is 13.7. The van der Waals surface area contributed by atoms with E-state index in [2.05, 4.69) is 10.3 Å². The molecule has 0 unspecified atom stereocenters. The minimum absolute atomic E-state index is 0.293. The molecule has 0 aliphatic rings. The predicted molar refractivity (Wildman–Crippen MR) is 80.4 cm³/mol. The fraction of sp³-hybridized carbons (Fsp3) is 0.143. The fourth-order valence-electron chi connectivity index (χ4n) is 1.71. The molecular formula is C14H15N3OS. The summed E-state index contributed by atoms with van der Waals surface area (Å²) in [5, 5.41) is 3.22. The van der Waals surface area contributed by atoms with Crippen molar-refractivity contribution in [1.29, 1.82) is 0 Å². The number of methoxy groups -OCH3 is 1. The average molecular weight is 273 g/mol. The Labute approximate surface area is 117 Å². The molecule has 1 heterocycles. The molecule has 0 spiro atoms. The third kappa shape index (κ3) is 3.42. The molecule has 0 amide bonds. The number of anilines is 1. The van der Waals surface area contributed by atoms with E-state index >= 15 is 0 Å². The van der Waals surface area contributed by atoms with Crippen molar-refractivity contribution in [3.63, 3.8) is 0 Å². The number of benzene rings is 1. The van der Waals surface area contributed by atoms with E-state index in [9.17, 15) is 0 Å². The molecule has 3 N–H and O–H groups in total. The van der Waals surface area contributed by atoms with Gasteiger partial charge in [0, 0.05) is 12.1 Å². The topological polar surface area (TPSA) is 60.2 Å². The second kappa shape index (κ2) is 6.15. The highest BCUT2D eigenvalue weighted by Crippen LogP contribution is 2.18. The minimum atomic E-state index is 0.293. The minimum Gasteiger partial charge on any atom is -0.496 e. The van der Waals surface area contributed by atoms with Crippen molar-refractivity contribution in [2.24, 2.45) is 5.73 Å². The monoisotopic (exact) mass is 273 g/mol. The van der Waals surface area contributed by atoms with Gasteiger partial charge in [-0.05, 0) is 18.2 Å². The first-order chi connectivity index (χ1) is 9.20. The second-order valence-corrected chi connectivity index (χ2v) is 4.38. The maximum atomic E-state index is 5.56. The van der Waals surface area contributed by atoms with Crippen molar-refractivity contribution >= 4 is 23.0 Å². The highest BCUT2D eigenvalue weighted by molar-refractivity contribution is 7.80. The molecular weight excluding hydrogens is 258 g/mol. The van der Waals surface area contributed by atoms with Gasteiger partial charge in [0.05, 0.1) is 12.8 Å². The number of nitrogens with one attached hydrogen (secondary N) is 1. The van der Waals surface area contributed by atoms with Gasteiger partial charge in [-0.3, -0.25) is 0 Å². The highest BCUT2D eigenvalue weighted by atomic mass is 32.1. The molecule has 0 saturated heterocycles. The number of hydrogen-bond acceptors (Lipinski definition) is 4. The first kappa shape index (κ1) is 13.3. The Balaban J connectivity index is 2.10. The van der Waals surface area contributed by atoms with Gasteiger partial charge in [0.1, 0.15) is 16.6 Å². The fourth-order valence-corrected chi connectivity index (χ4v) is 1.82. The molecule has 0 saturated carbocycles. The summed E-state index contributed by atoms with van der Waals surface area (Å²) in [5.74, 6) is 1.58. The summed E-state index contributed by atoms with van der Waals surface area (Å²) in [6.07, 6.45) is 0. The molecule has 0 aliphatic heterocycles.